The van der Waals surface area contributed by atoms with Crippen LogP contribution in [0.4, 0.5) is 0 Å². The van der Waals surface area contributed by atoms with Gasteiger partial charge in [0.05, 0.1) is 17.0 Å². The van der Waals surface area contributed by atoms with Crippen LogP contribution in [0.3, 0.4) is 0 Å². The molecule has 0 amide bonds. The molecule has 0 aromatic heterocycles. The molecule has 0 aliphatic rings. The molecule has 0 heterocycles. The first-order valence-corrected chi connectivity index (χ1v) is 9.51. The van der Waals surface area contributed by atoms with Crippen LogP contribution in [0.15, 0.2) is 46.2 Å². The van der Waals surface area contributed by atoms with Gasteiger partial charge in [-0.15, -0.1) is 0 Å². The smallest absolute Gasteiger partial charge is 0.210 e. The summed E-state index contributed by atoms with van der Waals surface area (Å²) in [6.45, 7) is 1.84. The van der Waals surface area contributed by atoms with Crippen LogP contribution in [0.1, 0.15) is 26.2 Å². The van der Waals surface area contributed by atoms with E-state index in [1.54, 1.807) is 6.07 Å². The van der Waals surface area contributed by atoms with E-state index in [9.17, 15) is 18.0 Å². The molecule has 0 radical (unpaired) electrons. The zero-order chi connectivity index (χ0) is 19.0. The Kier molecular flexibility index (Phi) is 8.11. The molecular weight excluding hydrogens is 342 g/mol. The van der Waals surface area contributed by atoms with Gasteiger partial charge in [0.15, 0.2) is 11.6 Å². The van der Waals surface area contributed by atoms with E-state index in [4.69, 9.17) is 17.2 Å². The average molecular weight is 367 g/mol. The maximum absolute atomic E-state index is 12.7. The van der Waals surface area contributed by atoms with E-state index < -0.39 is 38.4 Å². The quantitative estimate of drug-likeness (QED) is 0.398. The zero-order valence-electron chi connectivity index (χ0n) is 14.2. The van der Waals surface area contributed by atoms with E-state index in [1.807, 2.05) is 0 Å². The molecule has 138 valence electrons. The van der Waals surface area contributed by atoms with Crippen LogP contribution in [0.5, 0.6) is 0 Å². The zero-order valence-corrected chi connectivity index (χ0v) is 15.0. The van der Waals surface area contributed by atoms with E-state index in [1.165, 1.54) is 31.2 Å². The minimum absolute atomic E-state index is 0.0836. The van der Waals surface area contributed by atoms with Crippen LogP contribution < -0.4 is 17.2 Å². The molecule has 2 unspecified atom stereocenters. The summed E-state index contributed by atoms with van der Waals surface area (Å²) in [5.74, 6) is -1.45. The third kappa shape index (κ3) is 5.86. The van der Waals surface area contributed by atoms with Gasteiger partial charge < -0.3 is 17.2 Å². The summed E-state index contributed by atoms with van der Waals surface area (Å²) in [7, 11) is -4.16. The Labute approximate surface area is 148 Å². The number of hydrogen-bond donors (Lipinski definition) is 3. The van der Waals surface area contributed by atoms with Crippen molar-refractivity contribution in [3.63, 3.8) is 0 Å². The van der Waals surface area contributed by atoms with Crippen molar-refractivity contribution >= 4 is 21.4 Å². The number of carbonyl (C=O) groups excluding carboxylic acids is 2. The first-order chi connectivity index (χ1) is 11.7. The van der Waals surface area contributed by atoms with Crippen molar-refractivity contribution in [3.05, 3.63) is 41.3 Å². The van der Waals surface area contributed by atoms with Crippen molar-refractivity contribution in [2.75, 3.05) is 6.54 Å². The Hall–Kier alpha value is -1.87. The molecule has 8 heteroatoms. The standard InChI is InChI=1S/C17H25N3O4S/c1-12(19)17(22)16(11-15(21)14(20)9-5-6-10-18)25(23,24)13-7-3-2-4-8-13/h2-4,7-8,11-12,14H,5-6,9-10,18-20H2,1H3/b16-11-. The van der Waals surface area contributed by atoms with E-state index in [-0.39, 0.29) is 4.90 Å². The maximum Gasteiger partial charge on any atom is 0.210 e. The van der Waals surface area contributed by atoms with Crippen LogP contribution in [-0.2, 0) is 19.4 Å². The van der Waals surface area contributed by atoms with Crippen molar-refractivity contribution in [1.82, 2.24) is 0 Å². The molecule has 0 aliphatic carbocycles. The van der Waals surface area contributed by atoms with Crippen LogP contribution in [0, 0.1) is 0 Å². The lowest BCUT2D eigenvalue weighted by Crippen LogP contribution is -2.34. The number of unbranched alkanes of at least 4 members (excludes halogenated alkanes) is 1. The molecule has 1 aromatic rings. The van der Waals surface area contributed by atoms with E-state index >= 15 is 0 Å². The molecule has 2 atom stereocenters. The number of benzene rings is 1. The summed E-state index contributed by atoms with van der Waals surface area (Å²) < 4.78 is 25.5. The van der Waals surface area contributed by atoms with E-state index in [0.717, 1.165) is 6.08 Å². The third-order valence-corrected chi connectivity index (χ3v) is 5.40. The topological polar surface area (TPSA) is 146 Å². The van der Waals surface area contributed by atoms with Crippen LogP contribution in [0.2, 0.25) is 0 Å². The molecule has 0 spiro atoms. The van der Waals surface area contributed by atoms with Gasteiger partial charge in [-0.2, -0.15) is 0 Å². The SMILES string of the molecule is CC(N)C(=O)/C(=C/C(=O)C(N)CCCCN)S(=O)(=O)c1ccccc1. The highest BCUT2D eigenvalue weighted by Crippen LogP contribution is 2.21. The molecule has 7 nitrogen and oxygen atoms in total. The predicted molar refractivity (Wildman–Crippen MR) is 96.3 cm³/mol. The number of carbonyl (C=O) groups is 2. The molecule has 1 rings (SSSR count). The lowest BCUT2D eigenvalue weighted by Gasteiger charge is -2.12. The predicted octanol–water partition coefficient (Wildman–Crippen LogP) is 0.286. The average Bonchev–Trinajstić information content (AvgIpc) is 2.59. The number of rotatable bonds is 10. The molecule has 0 saturated carbocycles. The van der Waals surface area contributed by atoms with E-state index in [2.05, 4.69) is 0 Å². The van der Waals surface area contributed by atoms with Gasteiger partial charge in [0.25, 0.3) is 0 Å². The Balaban J connectivity index is 3.21. The van der Waals surface area contributed by atoms with Crippen molar-refractivity contribution in [3.8, 4) is 0 Å². The van der Waals surface area contributed by atoms with E-state index in [0.29, 0.717) is 25.8 Å². The van der Waals surface area contributed by atoms with Crippen LogP contribution in [-0.4, -0.2) is 38.6 Å². The summed E-state index contributed by atoms with van der Waals surface area (Å²) >= 11 is 0. The summed E-state index contributed by atoms with van der Waals surface area (Å²) in [6, 6.07) is 5.45. The first kappa shape index (κ1) is 21.2. The summed E-state index contributed by atoms with van der Waals surface area (Å²) in [6.07, 6.45) is 2.51. The summed E-state index contributed by atoms with van der Waals surface area (Å²) in [4.78, 5) is 23.8. The van der Waals surface area contributed by atoms with Gasteiger partial charge in [0, 0.05) is 6.08 Å². The highest BCUT2D eigenvalue weighted by atomic mass is 32.2. The Bertz CT molecular complexity index is 728. The number of nitrogens with two attached hydrogens (primary N) is 3. The van der Waals surface area contributed by atoms with Gasteiger partial charge in [-0.05, 0) is 38.4 Å². The number of hydrogen-bond acceptors (Lipinski definition) is 7. The Morgan fingerprint density at radius 2 is 1.72 bits per heavy atom. The summed E-state index contributed by atoms with van der Waals surface area (Å²) in [5.41, 5.74) is 16.7. The highest BCUT2D eigenvalue weighted by Gasteiger charge is 2.30. The molecule has 0 fully saturated rings. The van der Waals surface area contributed by atoms with Crippen molar-refractivity contribution < 1.29 is 18.0 Å². The normalized spacial score (nSPS) is 14.8. The second-order valence-corrected chi connectivity index (χ2v) is 7.69. The Morgan fingerprint density at radius 1 is 1.12 bits per heavy atom. The molecule has 0 bridgehead atoms. The van der Waals surface area contributed by atoms with Crippen LogP contribution in [0.25, 0.3) is 0 Å². The fraction of sp³-hybridized carbons (Fsp3) is 0.412. The monoisotopic (exact) mass is 367 g/mol. The molecular formula is C17H25N3O4S. The fourth-order valence-corrected chi connectivity index (χ4v) is 3.61. The van der Waals surface area contributed by atoms with Gasteiger partial charge >= 0.3 is 0 Å². The van der Waals surface area contributed by atoms with Crippen molar-refractivity contribution in [1.29, 1.82) is 0 Å². The molecule has 25 heavy (non-hydrogen) atoms. The van der Waals surface area contributed by atoms with Crippen molar-refractivity contribution in [2.45, 2.75) is 43.2 Å². The number of sulfone groups is 1. The minimum atomic E-state index is -4.16. The van der Waals surface area contributed by atoms with Crippen molar-refractivity contribution in [2.24, 2.45) is 17.2 Å². The molecule has 0 saturated heterocycles. The van der Waals surface area contributed by atoms with Gasteiger partial charge in [-0.25, -0.2) is 8.42 Å². The number of Topliss-reactive ketones (excluding diaryl/α,β-unsaturated/α-hetero) is 1. The van der Waals surface area contributed by atoms with Gasteiger partial charge in [-0.1, -0.05) is 24.6 Å². The maximum atomic E-state index is 12.7. The number of ketones is 2. The Morgan fingerprint density at radius 3 is 2.24 bits per heavy atom. The lowest BCUT2D eigenvalue weighted by molar-refractivity contribution is -0.118. The largest absolute Gasteiger partial charge is 0.330 e. The molecule has 6 N–H and O–H groups in total. The van der Waals surface area contributed by atoms with Gasteiger partial charge in [0.1, 0.15) is 4.91 Å². The summed E-state index contributed by atoms with van der Waals surface area (Å²) in [5, 5.41) is 0. The minimum Gasteiger partial charge on any atom is -0.330 e. The first-order valence-electron chi connectivity index (χ1n) is 8.03. The third-order valence-electron chi connectivity index (χ3n) is 3.61. The van der Waals surface area contributed by atoms with Gasteiger partial charge in [0.2, 0.25) is 9.84 Å². The van der Waals surface area contributed by atoms with Crippen LogP contribution >= 0.6 is 0 Å². The highest BCUT2D eigenvalue weighted by molar-refractivity contribution is 7.96. The van der Waals surface area contributed by atoms with Gasteiger partial charge in [-0.3, -0.25) is 9.59 Å². The lowest BCUT2D eigenvalue weighted by atomic mass is 10.0. The molecule has 1 aromatic carbocycles. The fourth-order valence-electron chi connectivity index (χ4n) is 2.12. The second-order valence-electron chi connectivity index (χ2n) is 5.77. The molecule has 0 aliphatic heterocycles. The second kappa shape index (κ2) is 9.57.